The summed E-state index contributed by atoms with van der Waals surface area (Å²) in [5.74, 6) is 0.0230. The summed E-state index contributed by atoms with van der Waals surface area (Å²) < 4.78 is 0. The number of benzene rings is 1. The van der Waals surface area contributed by atoms with Gasteiger partial charge in [-0.2, -0.15) is 0 Å². The summed E-state index contributed by atoms with van der Waals surface area (Å²) in [7, 11) is 1.91. The fourth-order valence-electron chi connectivity index (χ4n) is 1.57. The molecule has 4 heteroatoms. The topological polar surface area (TPSA) is 41.1 Å². The van der Waals surface area contributed by atoms with Gasteiger partial charge in [0.2, 0.25) is 0 Å². The number of hydrogen-bond acceptors (Lipinski definition) is 3. The fourth-order valence-corrected chi connectivity index (χ4v) is 2.53. The minimum atomic E-state index is 0.0230. The Morgan fingerprint density at radius 3 is 2.67 bits per heavy atom. The molecule has 0 radical (unpaired) electrons. The maximum absolute atomic E-state index is 12.1. The summed E-state index contributed by atoms with van der Waals surface area (Å²) in [5, 5.41) is 6.49. The maximum Gasteiger partial charge on any atom is 0.252 e. The van der Waals surface area contributed by atoms with Crippen LogP contribution in [0.25, 0.3) is 0 Å². The normalized spacial score (nSPS) is 10.7. The lowest BCUT2D eigenvalue weighted by atomic mass is 10.2. The fraction of sp³-hybridized carbons (Fsp3) is 0.500. The van der Waals surface area contributed by atoms with Crippen molar-refractivity contribution < 1.29 is 4.79 Å². The third-order valence-corrected chi connectivity index (χ3v) is 3.46. The van der Waals surface area contributed by atoms with Crippen molar-refractivity contribution >= 4 is 17.7 Å². The Kier molecular flexibility index (Phi) is 6.83. The highest BCUT2D eigenvalue weighted by atomic mass is 32.2. The number of hydrogen-bond donors (Lipinski definition) is 2. The van der Waals surface area contributed by atoms with Crippen LogP contribution in [0.1, 0.15) is 30.6 Å². The van der Waals surface area contributed by atoms with E-state index in [0.29, 0.717) is 11.8 Å². The molecule has 2 N–H and O–H groups in total. The van der Waals surface area contributed by atoms with Crippen molar-refractivity contribution in [3.8, 4) is 0 Å². The minimum absolute atomic E-state index is 0.0230. The molecule has 0 aliphatic heterocycles. The monoisotopic (exact) mass is 266 g/mol. The average Bonchev–Trinajstić information content (AvgIpc) is 2.34. The predicted octanol–water partition coefficient (Wildman–Crippen LogP) is 2.53. The number of carbonyl (C=O) groups is 1. The van der Waals surface area contributed by atoms with Gasteiger partial charge < -0.3 is 10.6 Å². The molecule has 18 heavy (non-hydrogen) atoms. The van der Waals surface area contributed by atoms with E-state index in [-0.39, 0.29) is 5.91 Å². The molecule has 0 aliphatic rings. The standard InChI is InChI=1S/C14H22N2OS/c1-11(2)18-13-8-5-4-7-12(13)14(17)16-10-6-9-15-3/h4-5,7-8,11,15H,6,9-10H2,1-3H3,(H,16,17). The molecule has 0 heterocycles. The maximum atomic E-state index is 12.1. The molecule has 0 spiro atoms. The lowest BCUT2D eigenvalue weighted by Crippen LogP contribution is -2.27. The van der Waals surface area contributed by atoms with Crippen LogP contribution in [0.5, 0.6) is 0 Å². The van der Waals surface area contributed by atoms with E-state index in [4.69, 9.17) is 0 Å². The van der Waals surface area contributed by atoms with Crippen molar-refractivity contribution in [1.82, 2.24) is 10.6 Å². The van der Waals surface area contributed by atoms with Gasteiger partial charge in [0, 0.05) is 16.7 Å². The summed E-state index contributed by atoms with van der Waals surface area (Å²) in [4.78, 5) is 13.1. The van der Waals surface area contributed by atoms with Crippen LogP contribution in [0.3, 0.4) is 0 Å². The first-order valence-electron chi connectivity index (χ1n) is 6.33. The number of amides is 1. The van der Waals surface area contributed by atoms with Gasteiger partial charge in [-0.15, -0.1) is 11.8 Å². The molecule has 0 saturated carbocycles. The van der Waals surface area contributed by atoms with Crippen molar-refractivity contribution in [2.75, 3.05) is 20.1 Å². The first-order valence-corrected chi connectivity index (χ1v) is 7.21. The van der Waals surface area contributed by atoms with Gasteiger partial charge in [0.05, 0.1) is 5.56 Å². The van der Waals surface area contributed by atoms with Gasteiger partial charge in [0.25, 0.3) is 5.91 Å². The number of rotatable bonds is 7. The number of carbonyl (C=O) groups excluding carboxylic acids is 1. The van der Waals surface area contributed by atoms with E-state index in [1.807, 2.05) is 31.3 Å². The van der Waals surface area contributed by atoms with Gasteiger partial charge in [0.1, 0.15) is 0 Å². The third-order valence-electron chi connectivity index (χ3n) is 2.38. The molecule has 0 bridgehead atoms. The van der Waals surface area contributed by atoms with Gasteiger partial charge in [0.15, 0.2) is 0 Å². The summed E-state index contributed by atoms with van der Waals surface area (Å²) in [5.41, 5.74) is 0.778. The molecule has 0 unspecified atom stereocenters. The quantitative estimate of drug-likeness (QED) is 0.588. The predicted molar refractivity (Wildman–Crippen MR) is 78.3 cm³/mol. The molecule has 0 fully saturated rings. The van der Waals surface area contributed by atoms with Crippen molar-refractivity contribution in [2.24, 2.45) is 0 Å². The van der Waals surface area contributed by atoms with E-state index in [2.05, 4.69) is 24.5 Å². The zero-order valence-electron chi connectivity index (χ0n) is 11.3. The molecule has 1 aromatic rings. The van der Waals surface area contributed by atoms with Crippen molar-refractivity contribution in [2.45, 2.75) is 30.4 Å². The summed E-state index contributed by atoms with van der Waals surface area (Å²) in [6, 6.07) is 7.78. The molecular formula is C14H22N2OS. The first-order chi connectivity index (χ1) is 8.65. The second-order valence-corrected chi connectivity index (χ2v) is 5.99. The van der Waals surface area contributed by atoms with Crippen molar-refractivity contribution in [3.05, 3.63) is 29.8 Å². The van der Waals surface area contributed by atoms with Gasteiger partial charge in [-0.05, 0) is 32.1 Å². The Morgan fingerprint density at radius 2 is 2.00 bits per heavy atom. The van der Waals surface area contributed by atoms with Crippen LogP contribution in [0.15, 0.2) is 29.2 Å². The first kappa shape index (κ1) is 15.1. The van der Waals surface area contributed by atoms with Crippen LogP contribution in [-0.2, 0) is 0 Å². The molecule has 0 aliphatic carbocycles. The van der Waals surface area contributed by atoms with Gasteiger partial charge in [-0.3, -0.25) is 4.79 Å². The van der Waals surface area contributed by atoms with E-state index in [1.165, 1.54) is 0 Å². The van der Waals surface area contributed by atoms with Crippen LogP contribution < -0.4 is 10.6 Å². The minimum Gasteiger partial charge on any atom is -0.352 e. The second-order valence-electron chi connectivity index (χ2n) is 4.38. The highest BCUT2D eigenvalue weighted by molar-refractivity contribution is 8.00. The van der Waals surface area contributed by atoms with Crippen LogP contribution in [0, 0.1) is 0 Å². The third kappa shape index (κ3) is 5.10. The number of nitrogens with one attached hydrogen (secondary N) is 2. The van der Waals surface area contributed by atoms with Crippen LogP contribution >= 0.6 is 11.8 Å². The molecule has 3 nitrogen and oxygen atoms in total. The van der Waals surface area contributed by atoms with E-state index in [0.717, 1.165) is 23.4 Å². The Bertz CT molecular complexity index is 380. The highest BCUT2D eigenvalue weighted by Crippen LogP contribution is 2.26. The van der Waals surface area contributed by atoms with Crippen LogP contribution in [0.4, 0.5) is 0 Å². The molecule has 1 rings (SSSR count). The van der Waals surface area contributed by atoms with Gasteiger partial charge in [-0.25, -0.2) is 0 Å². The van der Waals surface area contributed by atoms with E-state index < -0.39 is 0 Å². The van der Waals surface area contributed by atoms with Crippen molar-refractivity contribution in [3.63, 3.8) is 0 Å². The Hall–Kier alpha value is -1.00. The number of thioether (sulfide) groups is 1. The van der Waals surface area contributed by atoms with E-state index in [9.17, 15) is 4.79 Å². The van der Waals surface area contributed by atoms with Gasteiger partial charge in [-0.1, -0.05) is 26.0 Å². The van der Waals surface area contributed by atoms with Gasteiger partial charge >= 0.3 is 0 Å². The summed E-state index contributed by atoms with van der Waals surface area (Å²) >= 11 is 1.72. The zero-order valence-corrected chi connectivity index (χ0v) is 12.1. The molecule has 0 atom stereocenters. The highest BCUT2D eigenvalue weighted by Gasteiger charge is 2.11. The average molecular weight is 266 g/mol. The van der Waals surface area contributed by atoms with Crippen molar-refractivity contribution in [1.29, 1.82) is 0 Å². The van der Waals surface area contributed by atoms with Crippen LogP contribution in [-0.4, -0.2) is 31.3 Å². The SMILES string of the molecule is CNCCCNC(=O)c1ccccc1SC(C)C. The molecule has 1 aromatic carbocycles. The Morgan fingerprint density at radius 1 is 1.28 bits per heavy atom. The molecule has 1 amide bonds. The Labute approximate surface area is 114 Å². The molecular weight excluding hydrogens is 244 g/mol. The zero-order chi connectivity index (χ0) is 13.4. The largest absolute Gasteiger partial charge is 0.352 e. The van der Waals surface area contributed by atoms with Crippen LogP contribution in [0.2, 0.25) is 0 Å². The molecule has 0 saturated heterocycles. The summed E-state index contributed by atoms with van der Waals surface area (Å²) in [6.07, 6.45) is 0.946. The lowest BCUT2D eigenvalue weighted by Gasteiger charge is -2.11. The lowest BCUT2D eigenvalue weighted by molar-refractivity contribution is 0.0950. The molecule has 0 aromatic heterocycles. The Balaban J connectivity index is 2.61. The smallest absolute Gasteiger partial charge is 0.252 e. The second kappa shape index (κ2) is 8.16. The molecule has 100 valence electrons. The summed E-state index contributed by atoms with van der Waals surface area (Å²) in [6.45, 7) is 5.89. The van der Waals surface area contributed by atoms with E-state index >= 15 is 0 Å². The van der Waals surface area contributed by atoms with E-state index in [1.54, 1.807) is 11.8 Å².